The van der Waals surface area contributed by atoms with Crippen LogP contribution < -0.4 is 5.32 Å². The van der Waals surface area contributed by atoms with Crippen molar-refractivity contribution >= 4 is 21.8 Å². The third-order valence-electron chi connectivity index (χ3n) is 3.58. The molecule has 1 saturated carbocycles. The maximum atomic E-state index is 12.8. The summed E-state index contributed by atoms with van der Waals surface area (Å²) in [5, 5.41) is 12.4. The number of nitrogens with one attached hydrogen (secondary N) is 1. The van der Waals surface area contributed by atoms with Gasteiger partial charge in [-0.1, -0.05) is 28.8 Å². The van der Waals surface area contributed by atoms with E-state index in [1.54, 1.807) is 0 Å². The van der Waals surface area contributed by atoms with Gasteiger partial charge in [-0.15, -0.1) is 0 Å². The second-order valence-corrected chi connectivity index (χ2v) is 5.98. The number of rotatable bonds is 2. The summed E-state index contributed by atoms with van der Waals surface area (Å²) >= 11 is 2.83. The minimum Gasteiger partial charge on any atom is -0.391 e. The fourth-order valence-corrected chi connectivity index (χ4v) is 2.89. The Kier molecular flexibility index (Phi) is 4.93. The van der Waals surface area contributed by atoms with Crippen LogP contribution in [0.5, 0.6) is 0 Å². The minimum atomic E-state index is -4.53. The van der Waals surface area contributed by atoms with Gasteiger partial charge >= 0.3 is 6.18 Å². The number of benzene rings is 1. The minimum absolute atomic E-state index is 0.0664. The molecule has 0 bridgehead atoms. The Balaban J connectivity index is 2.16. The number of hydrogen-bond donors (Lipinski definition) is 2. The maximum absolute atomic E-state index is 12.8. The van der Waals surface area contributed by atoms with Crippen molar-refractivity contribution in [3.63, 3.8) is 0 Å². The van der Waals surface area contributed by atoms with Crippen LogP contribution in [0.2, 0.25) is 0 Å². The van der Waals surface area contributed by atoms with Crippen LogP contribution in [0.1, 0.15) is 41.6 Å². The molecular formula is C14H15BrF3NO2. The zero-order chi connectivity index (χ0) is 15.6. The molecule has 0 unspecified atom stereocenters. The first kappa shape index (κ1) is 16.3. The first-order chi connectivity index (χ1) is 9.79. The van der Waals surface area contributed by atoms with Crippen molar-refractivity contribution < 1.29 is 23.1 Å². The number of carbonyl (C=O) groups is 1. The number of hydrogen-bond acceptors (Lipinski definition) is 2. The van der Waals surface area contributed by atoms with Crippen molar-refractivity contribution in [1.29, 1.82) is 0 Å². The van der Waals surface area contributed by atoms with Crippen molar-refractivity contribution in [3.05, 3.63) is 33.8 Å². The van der Waals surface area contributed by atoms with E-state index in [9.17, 15) is 23.1 Å². The predicted molar refractivity (Wildman–Crippen MR) is 74.9 cm³/mol. The third kappa shape index (κ3) is 3.97. The number of alkyl halides is 3. The molecule has 21 heavy (non-hydrogen) atoms. The van der Waals surface area contributed by atoms with Crippen LogP contribution in [-0.2, 0) is 6.18 Å². The molecule has 0 aromatic heterocycles. The van der Waals surface area contributed by atoms with Gasteiger partial charge < -0.3 is 10.4 Å². The average Bonchev–Trinajstić information content (AvgIpc) is 2.40. The average molecular weight is 366 g/mol. The molecule has 1 aromatic rings. The second kappa shape index (κ2) is 6.36. The van der Waals surface area contributed by atoms with E-state index in [-0.39, 0.29) is 10.0 Å². The van der Waals surface area contributed by atoms with Gasteiger partial charge in [0.15, 0.2) is 0 Å². The summed E-state index contributed by atoms with van der Waals surface area (Å²) in [4.78, 5) is 12.0. The molecule has 0 spiro atoms. The van der Waals surface area contributed by atoms with Crippen LogP contribution in [0.3, 0.4) is 0 Å². The molecule has 0 radical (unpaired) electrons. The Hall–Kier alpha value is -1.08. The molecule has 2 N–H and O–H groups in total. The molecule has 0 saturated heterocycles. The van der Waals surface area contributed by atoms with E-state index in [1.807, 2.05) is 0 Å². The Morgan fingerprint density at radius 3 is 2.57 bits per heavy atom. The van der Waals surface area contributed by atoms with Gasteiger partial charge in [0.2, 0.25) is 0 Å². The van der Waals surface area contributed by atoms with E-state index >= 15 is 0 Å². The van der Waals surface area contributed by atoms with Crippen LogP contribution in [-0.4, -0.2) is 23.2 Å². The van der Waals surface area contributed by atoms with Crippen LogP contribution in [0.15, 0.2) is 22.7 Å². The van der Waals surface area contributed by atoms with Gasteiger partial charge in [-0.2, -0.15) is 13.2 Å². The quantitative estimate of drug-likeness (QED) is 0.842. The summed E-state index contributed by atoms with van der Waals surface area (Å²) in [6, 6.07) is 2.94. The second-order valence-electron chi connectivity index (χ2n) is 5.12. The zero-order valence-electron chi connectivity index (χ0n) is 11.1. The number of aliphatic hydroxyl groups is 1. The van der Waals surface area contributed by atoms with Gasteiger partial charge in [-0.05, 0) is 31.0 Å². The standard InChI is InChI=1S/C14H15BrF3NO2/c15-10-6-5-8(7-9(10)14(16,17)18)13(21)19-11-3-1-2-4-12(11)20/h5-7,11-12,20H,1-4H2,(H,19,21)/t11-,12-/m0/s1. The Morgan fingerprint density at radius 1 is 1.29 bits per heavy atom. The first-order valence-corrected chi connectivity index (χ1v) is 7.44. The lowest BCUT2D eigenvalue weighted by Crippen LogP contribution is -2.45. The molecule has 1 fully saturated rings. The Morgan fingerprint density at radius 2 is 1.95 bits per heavy atom. The molecule has 1 aliphatic carbocycles. The highest BCUT2D eigenvalue weighted by atomic mass is 79.9. The topological polar surface area (TPSA) is 49.3 Å². The summed E-state index contributed by atoms with van der Waals surface area (Å²) < 4.78 is 38.3. The molecule has 2 atom stereocenters. The predicted octanol–water partition coefficient (Wildman–Crippen LogP) is 3.50. The van der Waals surface area contributed by atoms with Crippen molar-refractivity contribution in [2.45, 2.75) is 44.0 Å². The summed E-state index contributed by atoms with van der Waals surface area (Å²) in [6.07, 6.45) is -2.16. The lowest BCUT2D eigenvalue weighted by molar-refractivity contribution is -0.138. The van der Waals surface area contributed by atoms with E-state index in [4.69, 9.17) is 0 Å². The van der Waals surface area contributed by atoms with Gasteiger partial charge in [0.25, 0.3) is 5.91 Å². The fourth-order valence-electron chi connectivity index (χ4n) is 2.42. The molecule has 0 heterocycles. The summed E-state index contributed by atoms with van der Waals surface area (Å²) in [5.41, 5.74) is -0.956. The fraction of sp³-hybridized carbons (Fsp3) is 0.500. The van der Waals surface area contributed by atoms with Crippen LogP contribution in [0.25, 0.3) is 0 Å². The van der Waals surface area contributed by atoms with Crippen molar-refractivity contribution in [2.24, 2.45) is 0 Å². The van der Waals surface area contributed by atoms with Gasteiger partial charge in [0.05, 0.1) is 17.7 Å². The normalized spacial score (nSPS) is 22.9. The molecule has 1 aromatic carbocycles. The van der Waals surface area contributed by atoms with Crippen molar-refractivity contribution in [1.82, 2.24) is 5.32 Å². The summed E-state index contributed by atoms with van der Waals surface area (Å²) in [5.74, 6) is -0.598. The van der Waals surface area contributed by atoms with Gasteiger partial charge in [-0.25, -0.2) is 0 Å². The van der Waals surface area contributed by atoms with Gasteiger partial charge in [0.1, 0.15) is 0 Å². The molecule has 2 rings (SSSR count). The van der Waals surface area contributed by atoms with E-state index in [0.29, 0.717) is 12.8 Å². The summed E-state index contributed by atoms with van der Waals surface area (Å²) in [7, 11) is 0. The van der Waals surface area contributed by atoms with Gasteiger partial charge in [-0.3, -0.25) is 4.79 Å². The Bertz CT molecular complexity index is 533. The smallest absolute Gasteiger partial charge is 0.391 e. The molecule has 1 amide bonds. The SMILES string of the molecule is O=C(N[C@H]1CCCC[C@@H]1O)c1ccc(Br)c(C(F)(F)F)c1. The molecule has 116 valence electrons. The highest BCUT2D eigenvalue weighted by molar-refractivity contribution is 9.10. The number of carbonyl (C=O) groups excluding carboxylic acids is 1. The number of amides is 1. The zero-order valence-corrected chi connectivity index (χ0v) is 12.7. The van der Waals surface area contributed by atoms with Crippen LogP contribution in [0.4, 0.5) is 13.2 Å². The summed E-state index contributed by atoms with van der Waals surface area (Å²) in [6.45, 7) is 0. The van der Waals surface area contributed by atoms with E-state index in [1.165, 1.54) is 12.1 Å². The van der Waals surface area contributed by atoms with E-state index in [0.717, 1.165) is 18.9 Å². The number of aliphatic hydroxyl groups excluding tert-OH is 1. The van der Waals surface area contributed by atoms with E-state index < -0.39 is 29.8 Å². The third-order valence-corrected chi connectivity index (χ3v) is 4.27. The number of halogens is 4. The first-order valence-electron chi connectivity index (χ1n) is 6.64. The maximum Gasteiger partial charge on any atom is 0.417 e. The van der Waals surface area contributed by atoms with Crippen LogP contribution >= 0.6 is 15.9 Å². The highest BCUT2D eigenvalue weighted by Gasteiger charge is 2.34. The van der Waals surface area contributed by atoms with Gasteiger partial charge in [0, 0.05) is 10.0 Å². The lowest BCUT2D eigenvalue weighted by Gasteiger charge is -2.28. The largest absolute Gasteiger partial charge is 0.417 e. The molecular weight excluding hydrogens is 351 g/mol. The Labute approximate surface area is 128 Å². The van der Waals surface area contributed by atoms with Crippen molar-refractivity contribution in [3.8, 4) is 0 Å². The highest BCUT2D eigenvalue weighted by Crippen LogP contribution is 2.35. The van der Waals surface area contributed by atoms with Crippen LogP contribution in [0, 0.1) is 0 Å². The van der Waals surface area contributed by atoms with E-state index in [2.05, 4.69) is 21.2 Å². The lowest BCUT2D eigenvalue weighted by atomic mass is 9.92. The molecule has 1 aliphatic rings. The monoisotopic (exact) mass is 365 g/mol. The molecule has 3 nitrogen and oxygen atoms in total. The molecule has 0 aliphatic heterocycles. The van der Waals surface area contributed by atoms with Crippen molar-refractivity contribution in [2.75, 3.05) is 0 Å². The molecule has 7 heteroatoms.